The topological polar surface area (TPSA) is 80.7 Å². The fourth-order valence-electron chi connectivity index (χ4n) is 2.64. The highest BCUT2D eigenvalue weighted by Gasteiger charge is 2.30. The van der Waals surface area contributed by atoms with E-state index in [1.165, 1.54) is 19.3 Å². The zero-order chi connectivity index (χ0) is 12.4. The van der Waals surface area contributed by atoms with Crippen LogP contribution in [-0.2, 0) is 6.42 Å². The summed E-state index contributed by atoms with van der Waals surface area (Å²) in [5.41, 5.74) is 7.10. The van der Waals surface area contributed by atoms with Gasteiger partial charge in [0.05, 0.1) is 5.69 Å². The van der Waals surface area contributed by atoms with E-state index < -0.39 is 0 Å². The van der Waals surface area contributed by atoms with Gasteiger partial charge in [-0.3, -0.25) is 0 Å². The van der Waals surface area contributed by atoms with Crippen molar-refractivity contribution in [2.75, 3.05) is 0 Å². The molecule has 2 heterocycles. The fraction of sp³-hybridized carbons (Fsp3) is 0.538. The fourth-order valence-corrected chi connectivity index (χ4v) is 2.64. The standard InChI is InChI=1S/C13H18N4O/c14-13(6-2-1-3-7-13)9-11-16-12(17-18-11)10-5-4-8-15-10/h4-5,8,15H,1-3,6-7,9,14H2. The van der Waals surface area contributed by atoms with Gasteiger partial charge in [0.2, 0.25) is 11.7 Å². The van der Waals surface area contributed by atoms with Gasteiger partial charge < -0.3 is 15.2 Å². The van der Waals surface area contributed by atoms with Crippen LogP contribution in [0.3, 0.4) is 0 Å². The Morgan fingerprint density at radius 3 is 2.89 bits per heavy atom. The Bertz CT molecular complexity index is 497. The van der Waals surface area contributed by atoms with Crippen LogP contribution in [0.5, 0.6) is 0 Å². The molecule has 0 aliphatic heterocycles. The molecule has 18 heavy (non-hydrogen) atoms. The smallest absolute Gasteiger partial charge is 0.228 e. The van der Waals surface area contributed by atoms with Crippen LogP contribution in [0.15, 0.2) is 22.9 Å². The van der Waals surface area contributed by atoms with Crippen molar-refractivity contribution in [3.63, 3.8) is 0 Å². The van der Waals surface area contributed by atoms with Gasteiger partial charge >= 0.3 is 0 Å². The second-order valence-electron chi connectivity index (χ2n) is 5.20. The lowest BCUT2D eigenvalue weighted by atomic mass is 9.80. The maximum absolute atomic E-state index is 6.38. The number of aromatic nitrogens is 3. The van der Waals surface area contributed by atoms with Gasteiger partial charge in [0.1, 0.15) is 0 Å². The van der Waals surface area contributed by atoms with Gasteiger partial charge in [0, 0.05) is 18.2 Å². The summed E-state index contributed by atoms with van der Waals surface area (Å²) in [6.45, 7) is 0. The number of rotatable bonds is 3. The van der Waals surface area contributed by atoms with Crippen LogP contribution >= 0.6 is 0 Å². The normalized spacial score (nSPS) is 18.9. The molecule has 0 bridgehead atoms. The number of hydrogen-bond acceptors (Lipinski definition) is 4. The second-order valence-corrected chi connectivity index (χ2v) is 5.20. The van der Waals surface area contributed by atoms with Crippen molar-refractivity contribution in [3.05, 3.63) is 24.2 Å². The molecule has 0 aromatic carbocycles. The summed E-state index contributed by atoms with van der Waals surface area (Å²) >= 11 is 0. The predicted molar refractivity (Wildman–Crippen MR) is 67.8 cm³/mol. The van der Waals surface area contributed by atoms with Gasteiger partial charge in [-0.2, -0.15) is 4.98 Å². The highest BCUT2D eigenvalue weighted by molar-refractivity contribution is 5.47. The van der Waals surface area contributed by atoms with Crippen LogP contribution < -0.4 is 5.73 Å². The predicted octanol–water partition coefficient (Wildman–Crippen LogP) is 2.27. The largest absolute Gasteiger partial charge is 0.359 e. The maximum atomic E-state index is 6.38. The lowest BCUT2D eigenvalue weighted by Crippen LogP contribution is -2.43. The lowest BCUT2D eigenvalue weighted by molar-refractivity contribution is 0.261. The van der Waals surface area contributed by atoms with Crippen molar-refractivity contribution in [1.29, 1.82) is 0 Å². The van der Waals surface area contributed by atoms with Crippen molar-refractivity contribution in [3.8, 4) is 11.5 Å². The number of nitrogens with one attached hydrogen (secondary N) is 1. The molecule has 5 nitrogen and oxygen atoms in total. The number of H-pyrrole nitrogens is 1. The SMILES string of the molecule is NC1(Cc2nc(-c3ccc[nH]3)no2)CCCCC1. The molecule has 0 atom stereocenters. The van der Waals surface area contributed by atoms with E-state index in [-0.39, 0.29) is 5.54 Å². The molecule has 1 fully saturated rings. The number of aromatic amines is 1. The van der Waals surface area contributed by atoms with E-state index >= 15 is 0 Å². The third kappa shape index (κ3) is 2.31. The molecular weight excluding hydrogens is 228 g/mol. The minimum atomic E-state index is -0.155. The molecule has 0 unspecified atom stereocenters. The summed E-state index contributed by atoms with van der Waals surface area (Å²) in [5, 5.41) is 3.98. The van der Waals surface area contributed by atoms with E-state index in [0.29, 0.717) is 18.1 Å². The van der Waals surface area contributed by atoms with Crippen molar-refractivity contribution >= 4 is 0 Å². The van der Waals surface area contributed by atoms with E-state index in [2.05, 4.69) is 15.1 Å². The average Bonchev–Trinajstić information content (AvgIpc) is 2.99. The van der Waals surface area contributed by atoms with Crippen molar-refractivity contribution in [2.45, 2.75) is 44.1 Å². The van der Waals surface area contributed by atoms with Crippen molar-refractivity contribution in [2.24, 2.45) is 5.73 Å². The van der Waals surface area contributed by atoms with Crippen molar-refractivity contribution in [1.82, 2.24) is 15.1 Å². The monoisotopic (exact) mass is 246 g/mol. The maximum Gasteiger partial charge on any atom is 0.228 e. The summed E-state index contributed by atoms with van der Waals surface area (Å²) < 4.78 is 5.30. The number of nitrogens with zero attached hydrogens (tertiary/aromatic N) is 2. The first kappa shape index (κ1) is 11.5. The van der Waals surface area contributed by atoms with Gasteiger partial charge in [-0.05, 0) is 25.0 Å². The average molecular weight is 246 g/mol. The zero-order valence-corrected chi connectivity index (χ0v) is 10.4. The summed E-state index contributed by atoms with van der Waals surface area (Å²) in [7, 11) is 0. The zero-order valence-electron chi connectivity index (χ0n) is 10.4. The quantitative estimate of drug-likeness (QED) is 0.870. The van der Waals surface area contributed by atoms with Gasteiger partial charge in [-0.15, -0.1) is 0 Å². The number of nitrogens with two attached hydrogens (primary N) is 1. The molecule has 0 spiro atoms. The summed E-state index contributed by atoms with van der Waals surface area (Å²) in [4.78, 5) is 7.47. The van der Waals surface area contributed by atoms with Crippen molar-refractivity contribution < 1.29 is 4.52 Å². The Kier molecular flexibility index (Phi) is 2.91. The minimum absolute atomic E-state index is 0.155. The van der Waals surface area contributed by atoms with Crippen LogP contribution in [0.25, 0.3) is 11.5 Å². The molecule has 1 aliphatic rings. The molecule has 5 heteroatoms. The summed E-state index contributed by atoms with van der Waals surface area (Å²) in [6, 6.07) is 3.84. The molecule has 3 rings (SSSR count). The third-order valence-corrected chi connectivity index (χ3v) is 3.66. The van der Waals surface area contributed by atoms with E-state index in [9.17, 15) is 0 Å². The molecule has 2 aromatic heterocycles. The van der Waals surface area contributed by atoms with E-state index in [1.807, 2.05) is 18.3 Å². The molecule has 0 amide bonds. The Hall–Kier alpha value is -1.62. The molecule has 1 aliphatic carbocycles. The van der Waals surface area contributed by atoms with Crippen LogP contribution in [0.4, 0.5) is 0 Å². The molecule has 96 valence electrons. The first-order valence-corrected chi connectivity index (χ1v) is 6.50. The van der Waals surface area contributed by atoms with Crippen LogP contribution in [0.1, 0.15) is 38.0 Å². The Morgan fingerprint density at radius 2 is 2.17 bits per heavy atom. The summed E-state index contributed by atoms with van der Waals surface area (Å²) in [6.07, 6.45) is 8.32. The third-order valence-electron chi connectivity index (χ3n) is 3.66. The van der Waals surface area contributed by atoms with Gasteiger partial charge in [0.15, 0.2) is 0 Å². The minimum Gasteiger partial charge on any atom is -0.359 e. The first-order chi connectivity index (χ1) is 8.75. The molecule has 3 N–H and O–H groups in total. The van der Waals surface area contributed by atoms with E-state index in [4.69, 9.17) is 10.3 Å². The molecule has 1 saturated carbocycles. The first-order valence-electron chi connectivity index (χ1n) is 6.50. The van der Waals surface area contributed by atoms with Gasteiger partial charge in [-0.1, -0.05) is 24.4 Å². The van der Waals surface area contributed by atoms with Gasteiger partial charge in [-0.25, -0.2) is 0 Å². The van der Waals surface area contributed by atoms with Crippen LogP contribution in [-0.4, -0.2) is 20.7 Å². The lowest BCUT2D eigenvalue weighted by Gasteiger charge is -2.31. The Morgan fingerprint density at radius 1 is 1.33 bits per heavy atom. The van der Waals surface area contributed by atoms with Crippen LogP contribution in [0.2, 0.25) is 0 Å². The van der Waals surface area contributed by atoms with E-state index in [1.54, 1.807) is 0 Å². The molecular formula is C13H18N4O. The Labute approximate surface area is 106 Å². The summed E-state index contributed by atoms with van der Waals surface area (Å²) in [5.74, 6) is 1.25. The Balaban J connectivity index is 1.73. The number of hydrogen-bond donors (Lipinski definition) is 2. The molecule has 0 saturated heterocycles. The van der Waals surface area contributed by atoms with Crippen LogP contribution in [0, 0.1) is 0 Å². The highest BCUT2D eigenvalue weighted by Crippen LogP contribution is 2.29. The second kappa shape index (κ2) is 4.57. The highest BCUT2D eigenvalue weighted by atomic mass is 16.5. The van der Waals surface area contributed by atoms with E-state index in [0.717, 1.165) is 18.5 Å². The molecule has 0 radical (unpaired) electrons. The van der Waals surface area contributed by atoms with Gasteiger partial charge in [0.25, 0.3) is 0 Å². The molecule has 2 aromatic rings.